The molecule has 4 amide bonds. The van der Waals surface area contributed by atoms with Gasteiger partial charge in [-0.15, -0.1) is 0 Å². The molecule has 1 aliphatic heterocycles. The van der Waals surface area contributed by atoms with Crippen molar-refractivity contribution in [2.45, 2.75) is 6.61 Å². The van der Waals surface area contributed by atoms with Crippen LogP contribution in [0, 0.1) is 0 Å². The molecule has 1 heterocycles. The van der Waals surface area contributed by atoms with Crippen molar-refractivity contribution in [1.29, 1.82) is 0 Å². The van der Waals surface area contributed by atoms with E-state index in [9.17, 15) is 14.4 Å². The van der Waals surface area contributed by atoms with Crippen LogP contribution < -0.4 is 19.7 Å². The minimum absolute atomic E-state index is 0.217. The first-order valence-corrected chi connectivity index (χ1v) is 11.7. The number of carbonyl (C=O) groups is 3. The Balaban J connectivity index is 1.65. The molecule has 1 fully saturated rings. The van der Waals surface area contributed by atoms with E-state index < -0.39 is 17.8 Å². The first-order chi connectivity index (χ1) is 16.8. The molecular formula is C25H17BrCl2N2O5. The van der Waals surface area contributed by atoms with Crippen LogP contribution in [0.5, 0.6) is 11.5 Å². The number of imide groups is 2. The highest BCUT2D eigenvalue weighted by atomic mass is 79.9. The Bertz CT molecular complexity index is 1380. The average molecular weight is 576 g/mol. The number of barbiturate groups is 1. The lowest BCUT2D eigenvalue weighted by atomic mass is 10.1. The molecule has 1 N–H and O–H groups in total. The van der Waals surface area contributed by atoms with Gasteiger partial charge in [0, 0.05) is 15.1 Å². The zero-order valence-corrected chi connectivity index (χ0v) is 21.3. The molecule has 0 atom stereocenters. The molecule has 10 heteroatoms. The number of hydrogen-bond donors (Lipinski definition) is 1. The first-order valence-electron chi connectivity index (χ1n) is 10.2. The lowest BCUT2D eigenvalue weighted by molar-refractivity contribution is -0.122. The van der Waals surface area contributed by atoms with Crippen LogP contribution >= 0.6 is 39.1 Å². The van der Waals surface area contributed by atoms with Crippen LogP contribution in [-0.2, 0) is 16.2 Å². The van der Waals surface area contributed by atoms with E-state index in [1.54, 1.807) is 18.2 Å². The fourth-order valence-electron chi connectivity index (χ4n) is 3.40. The van der Waals surface area contributed by atoms with Crippen molar-refractivity contribution in [1.82, 2.24) is 5.32 Å². The van der Waals surface area contributed by atoms with Gasteiger partial charge in [-0.05, 0) is 48.0 Å². The molecule has 1 aliphatic rings. The zero-order valence-electron chi connectivity index (χ0n) is 18.2. The molecule has 0 bridgehead atoms. The Morgan fingerprint density at radius 3 is 2.51 bits per heavy atom. The molecule has 3 aromatic rings. The van der Waals surface area contributed by atoms with E-state index in [1.165, 1.54) is 31.4 Å². The number of benzene rings is 3. The van der Waals surface area contributed by atoms with Gasteiger partial charge in [0.15, 0.2) is 11.5 Å². The molecule has 0 unspecified atom stereocenters. The van der Waals surface area contributed by atoms with Crippen LogP contribution in [0.2, 0.25) is 10.0 Å². The summed E-state index contributed by atoms with van der Waals surface area (Å²) in [7, 11) is 1.45. The fourth-order valence-corrected chi connectivity index (χ4v) is 4.26. The summed E-state index contributed by atoms with van der Waals surface area (Å²) >= 11 is 15.9. The molecular weight excluding hydrogens is 559 g/mol. The van der Waals surface area contributed by atoms with E-state index >= 15 is 0 Å². The number of ether oxygens (including phenoxy) is 2. The maximum atomic E-state index is 13.1. The second kappa shape index (κ2) is 10.5. The van der Waals surface area contributed by atoms with E-state index in [0.717, 1.165) is 14.9 Å². The smallest absolute Gasteiger partial charge is 0.335 e. The molecule has 35 heavy (non-hydrogen) atoms. The number of nitrogens with zero attached hydrogens (tertiary/aromatic N) is 1. The minimum atomic E-state index is -0.870. The predicted octanol–water partition coefficient (Wildman–Crippen LogP) is 6.01. The summed E-state index contributed by atoms with van der Waals surface area (Å²) < 4.78 is 12.2. The van der Waals surface area contributed by atoms with Crippen LogP contribution in [0.25, 0.3) is 6.08 Å². The minimum Gasteiger partial charge on any atom is -0.493 e. The predicted molar refractivity (Wildman–Crippen MR) is 137 cm³/mol. The lowest BCUT2D eigenvalue weighted by Crippen LogP contribution is -2.54. The maximum Gasteiger partial charge on any atom is 0.335 e. The molecule has 0 aromatic heterocycles. The topological polar surface area (TPSA) is 84.9 Å². The summed E-state index contributed by atoms with van der Waals surface area (Å²) in [6, 6.07) is 16.0. The summed E-state index contributed by atoms with van der Waals surface area (Å²) in [5.74, 6) is -1.02. The number of rotatable bonds is 6. The second-order valence-corrected chi connectivity index (χ2v) is 9.05. The van der Waals surface area contributed by atoms with Crippen molar-refractivity contribution in [3.8, 4) is 11.5 Å². The maximum absolute atomic E-state index is 13.1. The van der Waals surface area contributed by atoms with Crippen LogP contribution in [0.3, 0.4) is 0 Å². The van der Waals surface area contributed by atoms with Gasteiger partial charge in [-0.2, -0.15) is 0 Å². The van der Waals surface area contributed by atoms with Gasteiger partial charge in [0.25, 0.3) is 11.8 Å². The highest BCUT2D eigenvalue weighted by Gasteiger charge is 2.37. The fraction of sp³-hybridized carbons (Fsp3) is 0.0800. The summed E-state index contributed by atoms with van der Waals surface area (Å²) in [4.78, 5) is 38.8. The molecule has 0 spiro atoms. The van der Waals surface area contributed by atoms with Gasteiger partial charge in [-0.3, -0.25) is 14.9 Å². The number of anilines is 1. The van der Waals surface area contributed by atoms with Crippen molar-refractivity contribution in [3.05, 3.63) is 91.9 Å². The van der Waals surface area contributed by atoms with Crippen molar-refractivity contribution >= 4 is 68.7 Å². The highest BCUT2D eigenvalue weighted by Crippen LogP contribution is 2.38. The number of nitrogens with one attached hydrogen (secondary N) is 1. The summed E-state index contributed by atoms with van der Waals surface area (Å²) in [5.41, 5.74) is 1.28. The van der Waals surface area contributed by atoms with Gasteiger partial charge < -0.3 is 9.47 Å². The summed E-state index contributed by atoms with van der Waals surface area (Å²) in [6.45, 7) is 0.232. The number of halogens is 3. The third-order valence-corrected chi connectivity index (χ3v) is 6.35. The molecule has 1 saturated heterocycles. The standard InChI is InChI=1S/C25H17BrCl2N2O5/c1-34-21-11-14(10-20(28)22(21)35-13-15-5-2-3-8-19(15)26)9-18-23(31)29-25(33)30(24(18)32)17-7-4-6-16(27)12-17/h2-12H,13H2,1H3,(H,29,31,33)/b18-9+. The normalized spacial score (nSPS) is 14.8. The Morgan fingerprint density at radius 2 is 1.80 bits per heavy atom. The summed E-state index contributed by atoms with van der Waals surface area (Å²) in [6.07, 6.45) is 1.33. The van der Waals surface area contributed by atoms with Crippen molar-refractivity contribution in [3.63, 3.8) is 0 Å². The molecule has 0 saturated carbocycles. The third kappa shape index (κ3) is 5.35. The van der Waals surface area contributed by atoms with Gasteiger partial charge in [-0.1, -0.05) is 63.4 Å². The van der Waals surface area contributed by atoms with E-state index in [0.29, 0.717) is 22.1 Å². The number of urea groups is 1. The zero-order chi connectivity index (χ0) is 25.1. The number of hydrogen-bond acceptors (Lipinski definition) is 5. The van der Waals surface area contributed by atoms with E-state index in [2.05, 4.69) is 21.2 Å². The van der Waals surface area contributed by atoms with Crippen LogP contribution in [0.4, 0.5) is 10.5 Å². The van der Waals surface area contributed by atoms with Crippen LogP contribution in [-0.4, -0.2) is 25.0 Å². The molecule has 4 rings (SSSR count). The first kappa shape index (κ1) is 24.8. The van der Waals surface area contributed by atoms with Gasteiger partial charge in [0.1, 0.15) is 12.2 Å². The second-order valence-electron chi connectivity index (χ2n) is 7.35. The Morgan fingerprint density at radius 1 is 1.03 bits per heavy atom. The van der Waals surface area contributed by atoms with E-state index in [1.807, 2.05) is 24.3 Å². The highest BCUT2D eigenvalue weighted by molar-refractivity contribution is 9.10. The number of carbonyl (C=O) groups excluding carboxylic acids is 3. The van der Waals surface area contributed by atoms with Gasteiger partial charge in [0.05, 0.1) is 17.8 Å². The lowest BCUT2D eigenvalue weighted by Gasteiger charge is -2.26. The number of amides is 4. The largest absolute Gasteiger partial charge is 0.493 e. The Labute approximate surface area is 219 Å². The van der Waals surface area contributed by atoms with Gasteiger partial charge in [-0.25, -0.2) is 9.69 Å². The molecule has 178 valence electrons. The Hall–Kier alpha value is -3.33. The Kier molecular flexibility index (Phi) is 7.45. The van der Waals surface area contributed by atoms with Crippen molar-refractivity contribution in [2.75, 3.05) is 12.0 Å². The SMILES string of the molecule is COc1cc(/C=C2\C(=O)NC(=O)N(c3cccc(Cl)c3)C2=O)cc(Cl)c1OCc1ccccc1Br. The van der Waals surface area contributed by atoms with E-state index in [4.69, 9.17) is 32.7 Å². The quantitative estimate of drug-likeness (QED) is 0.287. The van der Waals surface area contributed by atoms with Gasteiger partial charge >= 0.3 is 6.03 Å². The van der Waals surface area contributed by atoms with Gasteiger partial charge in [0.2, 0.25) is 0 Å². The molecule has 0 aliphatic carbocycles. The van der Waals surface area contributed by atoms with Crippen LogP contribution in [0.1, 0.15) is 11.1 Å². The summed E-state index contributed by atoms with van der Waals surface area (Å²) in [5, 5.41) is 2.72. The van der Waals surface area contributed by atoms with Crippen LogP contribution in [0.15, 0.2) is 70.7 Å². The molecule has 0 radical (unpaired) electrons. The van der Waals surface area contributed by atoms with Crippen molar-refractivity contribution in [2.24, 2.45) is 0 Å². The third-order valence-electron chi connectivity index (χ3n) is 5.06. The number of methoxy groups -OCH3 is 1. The average Bonchev–Trinajstić information content (AvgIpc) is 2.81. The monoisotopic (exact) mass is 574 g/mol. The van der Waals surface area contributed by atoms with Crippen molar-refractivity contribution < 1.29 is 23.9 Å². The molecule has 3 aromatic carbocycles. The van der Waals surface area contributed by atoms with E-state index in [-0.39, 0.29) is 22.9 Å². The molecule has 7 nitrogen and oxygen atoms in total.